The summed E-state index contributed by atoms with van der Waals surface area (Å²) in [5.74, 6) is 0. The lowest BCUT2D eigenvalue weighted by atomic mass is 9.95. The van der Waals surface area contributed by atoms with Crippen LogP contribution in [0.4, 0.5) is 0 Å². The van der Waals surface area contributed by atoms with E-state index in [9.17, 15) is 0 Å². The summed E-state index contributed by atoms with van der Waals surface area (Å²) in [5.41, 5.74) is 8.58. The molecule has 0 radical (unpaired) electrons. The molecule has 2 unspecified atom stereocenters. The van der Waals surface area contributed by atoms with Crippen molar-refractivity contribution in [2.75, 3.05) is 7.05 Å². The van der Waals surface area contributed by atoms with Crippen molar-refractivity contribution < 1.29 is 0 Å². The number of rotatable bonds is 4. The molecule has 0 bridgehead atoms. The summed E-state index contributed by atoms with van der Waals surface area (Å²) in [6.45, 7) is 0. The molecule has 2 atom stereocenters. The van der Waals surface area contributed by atoms with Gasteiger partial charge in [0.1, 0.15) is 0 Å². The van der Waals surface area contributed by atoms with E-state index in [1.54, 1.807) is 12.4 Å². The molecule has 0 saturated carbocycles. The van der Waals surface area contributed by atoms with Crippen molar-refractivity contribution in [1.82, 2.24) is 10.3 Å². The Labute approximate surface area is 102 Å². The van der Waals surface area contributed by atoms with E-state index in [1.807, 2.05) is 37.4 Å². The number of aromatic nitrogens is 1. The van der Waals surface area contributed by atoms with E-state index in [4.69, 9.17) is 5.73 Å². The highest BCUT2D eigenvalue weighted by atomic mass is 14.9. The zero-order valence-corrected chi connectivity index (χ0v) is 9.88. The SMILES string of the molecule is CNC(c1ccncc1)C(N)c1ccccc1. The molecule has 1 heterocycles. The number of benzene rings is 1. The van der Waals surface area contributed by atoms with Crippen LogP contribution in [0.3, 0.4) is 0 Å². The summed E-state index contributed by atoms with van der Waals surface area (Å²) in [6, 6.07) is 14.1. The number of hydrogen-bond donors (Lipinski definition) is 2. The van der Waals surface area contributed by atoms with Gasteiger partial charge in [0.25, 0.3) is 0 Å². The maximum Gasteiger partial charge on any atom is 0.0514 e. The molecule has 17 heavy (non-hydrogen) atoms. The predicted octanol–water partition coefficient (Wildman–Crippen LogP) is 2.04. The minimum absolute atomic E-state index is 0.0661. The van der Waals surface area contributed by atoms with Gasteiger partial charge in [0.15, 0.2) is 0 Å². The van der Waals surface area contributed by atoms with Crippen LogP contribution in [-0.2, 0) is 0 Å². The normalized spacial score (nSPS) is 14.2. The van der Waals surface area contributed by atoms with Crippen LogP contribution in [0.25, 0.3) is 0 Å². The van der Waals surface area contributed by atoms with Gasteiger partial charge in [-0.2, -0.15) is 0 Å². The second kappa shape index (κ2) is 5.57. The predicted molar refractivity (Wildman–Crippen MR) is 69.4 cm³/mol. The molecule has 0 spiro atoms. The van der Waals surface area contributed by atoms with Gasteiger partial charge in [-0.1, -0.05) is 30.3 Å². The van der Waals surface area contributed by atoms with E-state index in [1.165, 1.54) is 0 Å². The number of likely N-dealkylation sites (N-methyl/N-ethyl adjacent to an activating group) is 1. The molecule has 1 aromatic carbocycles. The van der Waals surface area contributed by atoms with Crippen molar-refractivity contribution in [3.63, 3.8) is 0 Å². The van der Waals surface area contributed by atoms with Crippen molar-refractivity contribution in [2.24, 2.45) is 5.73 Å². The summed E-state index contributed by atoms with van der Waals surface area (Å²) in [6.07, 6.45) is 3.58. The Balaban J connectivity index is 2.25. The van der Waals surface area contributed by atoms with Gasteiger partial charge in [-0.05, 0) is 30.3 Å². The van der Waals surface area contributed by atoms with Crippen LogP contribution >= 0.6 is 0 Å². The minimum Gasteiger partial charge on any atom is -0.322 e. The molecule has 1 aromatic heterocycles. The second-order valence-electron chi connectivity index (χ2n) is 3.98. The summed E-state index contributed by atoms with van der Waals surface area (Å²) in [7, 11) is 1.92. The Morgan fingerprint density at radius 3 is 2.24 bits per heavy atom. The Kier molecular flexibility index (Phi) is 3.85. The zero-order valence-electron chi connectivity index (χ0n) is 9.88. The lowest BCUT2D eigenvalue weighted by molar-refractivity contribution is 0.491. The average Bonchev–Trinajstić information content (AvgIpc) is 2.42. The van der Waals surface area contributed by atoms with E-state index < -0.39 is 0 Å². The summed E-state index contributed by atoms with van der Waals surface area (Å²) >= 11 is 0. The van der Waals surface area contributed by atoms with Gasteiger partial charge in [0.2, 0.25) is 0 Å². The van der Waals surface area contributed by atoms with Crippen LogP contribution < -0.4 is 11.1 Å². The first kappa shape index (κ1) is 11.8. The largest absolute Gasteiger partial charge is 0.322 e. The molecular weight excluding hydrogens is 210 g/mol. The van der Waals surface area contributed by atoms with E-state index in [0.717, 1.165) is 11.1 Å². The van der Waals surface area contributed by atoms with Crippen molar-refractivity contribution in [1.29, 1.82) is 0 Å². The molecule has 3 nitrogen and oxygen atoms in total. The van der Waals surface area contributed by atoms with Crippen molar-refractivity contribution in [3.8, 4) is 0 Å². The van der Waals surface area contributed by atoms with E-state index in [0.29, 0.717) is 0 Å². The third kappa shape index (κ3) is 2.70. The fourth-order valence-corrected chi connectivity index (χ4v) is 1.99. The fourth-order valence-electron chi connectivity index (χ4n) is 1.99. The van der Waals surface area contributed by atoms with Crippen LogP contribution in [0.1, 0.15) is 23.2 Å². The summed E-state index contributed by atoms with van der Waals surface area (Å²) in [5, 5.41) is 3.26. The van der Waals surface area contributed by atoms with Crippen molar-refractivity contribution >= 4 is 0 Å². The topological polar surface area (TPSA) is 50.9 Å². The summed E-state index contributed by atoms with van der Waals surface area (Å²) < 4.78 is 0. The van der Waals surface area contributed by atoms with E-state index in [2.05, 4.69) is 22.4 Å². The molecule has 0 amide bonds. The van der Waals surface area contributed by atoms with Crippen LogP contribution in [0.2, 0.25) is 0 Å². The number of nitrogens with two attached hydrogens (primary N) is 1. The smallest absolute Gasteiger partial charge is 0.0514 e. The molecule has 0 aliphatic rings. The minimum atomic E-state index is -0.0661. The quantitative estimate of drug-likeness (QED) is 0.840. The standard InChI is InChI=1S/C14H17N3/c1-16-14(12-7-9-17-10-8-12)13(15)11-5-3-2-4-6-11/h2-10,13-14,16H,15H2,1H3. The highest BCUT2D eigenvalue weighted by Gasteiger charge is 2.19. The van der Waals surface area contributed by atoms with Gasteiger partial charge in [-0.25, -0.2) is 0 Å². The van der Waals surface area contributed by atoms with Gasteiger partial charge >= 0.3 is 0 Å². The highest BCUT2D eigenvalue weighted by Crippen LogP contribution is 2.25. The van der Waals surface area contributed by atoms with Gasteiger partial charge in [-0.15, -0.1) is 0 Å². The third-order valence-corrected chi connectivity index (χ3v) is 2.92. The molecule has 0 aliphatic heterocycles. The number of pyridine rings is 1. The Bertz CT molecular complexity index is 442. The molecule has 2 rings (SSSR count). The molecule has 0 aliphatic carbocycles. The summed E-state index contributed by atoms with van der Waals surface area (Å²) in [4.78, 5) is 4.03. The average molecular weight is 227 g/mol. The maximum atomic E-state index is 6.30. The number of hydrogen-bond acceptors (Lipinski definition) is 3. The lowest BCUT2D eigenvalue weighted by Gasteiger charge is -2.24. The van der Waals surface area contributed by atoms with Crippen LogP contribution in [0.5, 0.6) is 0 Å². The number of nitrogens with one attached hydrogen (secondary N) is 1. The first-order valence-electron chi connectivity index (χ1n) is 5.70. The third-order valence-electron chi connectivity index (χ3n) is 2.92. The lowest BCUT2D eigenvalue weighted by Crippen LogP contribution is -2.29. The van der Waals surface area contributed by atoms with Gasteiger partial charge < -0.3 is 11.1 Å². The van der Waals surface area contributed by atoms with Gasteiger partial charge in [0.05, 0.1) is 6.04 Å². The fraction of sp³-hybridized carbons (Fsp3) is 0.214. The molecule has 3 heteroatoms. The van der Waals surface area contributed by atoms with E-state index in [-0.39, 0.29) is 12.1 Å². The number of nitrogens with zero attached hydrogens (tertiary/aromatic N) is 1. The van der Waals surface area contributed by atoms with E-state index >= 15 is 0 Å². The maximum absolute atomic E-state index is 6.30. The first-order chi connectivity index (χ1) is 8.33. The van der Waals surface area contributed by atoms with Gasteiger partial charge in [0, 0.05) is 18.4 Å². The Morgan fingerprint density at radius 1 is 1.00 bits per heavy atom. The highest BCUT2D eigenvalue weighted by molar-refractivity contribution is 5.25. The van der Waals surface area contributed by atoms with Crippen molar-refractivity contribution in [3.05, 3.63) is 66.0 Å². The van der Waals surface area contributed by atoms with Crippen LogP contribution in [-0.4, -0.2) is 12.0 Å². The molecular formula is C14H17N3. The zero-order chi connectivity index (χ0) is 12.1. The second-order valence-corrected chi connectivity index (χ2v) is 3.98. The molecule has 3 N–H and O–H groups in total. The molecule has 0 saturated heterocycles. The molecule has 2 aromatic rings. The first-order valence-corrected chi connectivity index (χ1v) is 5.70. The van der Waals surface area contributed by atoms with Crippen LogP contribution in [0, 0.1) is 0 Å². The monoisotopic (exact) mass is 227 g/mol. The Morgan fingerprint density at radius 2 is 1.65 bits per heavy atom. The Hall–Kier alpha value is -1.71. The van der Waals surface area contributed by atoms with Gasteiger partial charge in [-0.3, -0.25) is 4.98 Å². The molecule has 0 fully saturated rings. The van der Waals surface area contributed by atoms with Crippen molar-refractivity contribution in [2.45, 2.75) is 12.1 Å². The van der Waals surface area contributed by atoms with Crippen LogP contribution in [0.15, 0.2) is 54.9 Å². The molecule has 88 valence electrons.